The molecule has 3 atom stereocenters. The van der Waals surface area contributed by atoms with E-state index in [2.05, 4.69) is 10.6 Å². The smallest absolute Gasteiger partial charge is 0.408 e. The van der Waals surface area contributed by atoms with Crippen molar-refractivity contribution in [3.05, 3.63) is 65.2 Å². The summed E-state index contributed by atoms with van der Waals surface area (Å²) in [5.41, 5.74) is 1.33. The van der Waals surface area contributed by atoms with Gasteiger partial charge < -0.3 is 30.1 Å². The summed E-state index contributed by atoms with van der Waals surface area (Å²) in [6.45, 7) is 12.8. The summed E-state index contributed by atoms with van der Waals surface area (Å²) in [6.07, 6.45) is -0.157. The van der Waals surface area contributed by atoms with Crippen molar-refractivity contribution in [3.8, 4) is 5.75 Å². The van der Waals surface area contributed by atoms with Gasteiger partial charge in [0, 0.05) is 19.0 Å². The number of rotatable bonds is 13. The molecule has 2 aromatic rings. The zero-order chi connectivity index (χ0) is 31.4. The highest BCUT2D eigenvalue weighted by molar-refractivity contribution is 5.93. The maximum atomic E-state index is 14.5. The lowest BCUT2D eigenvalue weighted by molar-refractivity contribution is -0.146. The molecule has 42 heavy (non-hydrogen) atoms. The highest BCUT2D eigenvalue weighted by atomic mass is 16.6. The second-order valence-electron chi connectivity index (χ2n) is 11.2. The van der Waals surface area contributed by atoms with Gasteiger partial charge in [-0.25, -0.2) is 4.79 Å². The topological polar surface area (TPSA) is 134 Å². The van der Waals surface area contributed by atoms with Crippen molar-refractivity contribution in [2.24, 2.45) is 0 Å². The van der Waals surface area contributed by atoms with Crippen LogP contribution < -0.4 is 10.6 Å². The molecule has 0 aliphatic carbocycles. The van der Waals surface area contributed by atoms with Gasteiger partial charge in [0.15, 0.2) is 0 Å². The lowest BCUT2D eigenvalue weighted by Gasteiger charge is -2.38. The van der Waals surface area contributed by atoms with Gasteiger partial charge in [0.1, 0.15) is 23.4 Å². The number of hydrogen-bond acceptors (Lipinski definition) is 7. The third kappa shape index (κ3) is 10.4. The van der Waals surface area contributed by atoms with Crippen LogP contribution in [0.5, 0.6) is 5.75 Å². The van der Waals surface area contributed by atoms with Crippen LogP contribution in [-0.4, -0.2) is 64.7 Å². The molecule has 3 N–H and O–H groups in total. The van der Waals surface area contributed by atoms with Gasteiger partial charge in [-0.3, -0.25) is 14.4 Å². The minimum atomic E-state index is -1.09. The summed E-state index contributed by atoms with van der Waals surface area (Å²) in [5.74, 6) is -1.29. The highest BCUT2D eigenvalue weighted by Gasteiger charge is 2.39. The molecular weight excluding hydrogens is 538 g/mol. The van der Waals surface area contributed by atoms with E-state index in [0.29, 0.717) is 17.5 Å². The number of carbonyl (C=O) groups is 4. The van der Waals surface area contributed by atoms with Gasteiger partial charge in [0.2, 0.25) is 11.8 Å². The molecule has 0 aromatic heterocycles. The standard InChI is InChI=1S/C32H45N3O7/c1-8-22(4)35(28(25-13-11-10-12-21(25)3)29(38)33-19-18-27(37)41-9-2)30(39)26(34-31(40)42-32(5,6)7)20-23-14-16-24(36)17-15-23/h10-17,22,26,28,36H,8-9,18-20H2,1-7H3,(H,33,38)(H,34,40). The number of carbonyl (C=O) groups excluding carboxylic acids is 4. The fourth-order valence-electron chi connectivity index (χ4n) is 4.42. The number of amides is 3. The fraction of sp³-hybridized carbons (Fsp3) is 0.500. The molecule has 0 saturated carbocycles. The molecule has 230 valence electrons. The quantitative estimate of drug-likeness (QED) is 0.294. The largest absolute Gasteiger partial charge is 0.508 e. The Kier molecular flexibility index (Phi) is 12.8. The van der Waals surface area contributed by atoms with E-state index >= 15 is 0 Å². The molecule has 0 aliphatic rings. The van der Waals surface area contributed by atoms with Gasteiger partial charge in [-0.15, -0.1) is 0 Å². The average Bonchev–Trinajstić information content (AvgIpc) is 2.91. The van der Waals surface area contributed by atoms with Crippen molar-refractivity contribution in [1.82, 2.24) is 15.5 Å². The predicted molar refractivity (Wildman–Crippen MR) is 160 cm³/mol. The van der Waals surface area contributed by atoms with Gasteiger partial charge in [0.25, 0.3) is 0 Å². The second kappa shape index (κ2) is 15.8. The molecule has 2 rings (SSSR count). The van der Waals surface area contributed by atoms with Crippen molar-refractivity contribution >= 4 is 23.9 Å². The summed E-state index contributed by atoms with van der Waals surface area (Å²) >= 11 is 0. The monoisotopic (exact) mass is 583 g/mol. The minimum absolute atomic E-state index is 0.0129. The Bertz CT molecular complexity index is 1210. The van der Waals surface area contributed by atoms with Crippen molar-refractivity contribution in [2.45, 2.75) is 91.5 Å². The van der Waals surface area contributed by atoms with E-state index in [-0.39, 0.29) is 31.7 Å². The zero-order valence-electron chi connectivity index (χ0n) is 25.7. The number of nitrogens with zero attached hydrogens (tertiary/aromatic N) is 1. The number of benzene rings is 2. The van der Waals surface area contributed by atoms with Gasteiger partial charge in [0.05, 0.1) is 13.0 Å². The highest BCUT2D eigenvalue weighted by Crippen LogP contribution is 2.29. The minimum Gasteiger partial charge on any atom is -0.508 e. The number of nitrogens with one attached hydrogen (secondary N) is 2. The van der Waals surface area contributed by atoms with E-state index in [9.17, 15) is 24.3 Å². The van der Waals surface area contributed by atoms with Crippen molar-refractivity contribution in [3.63, 3.8) is 0 Å². The lowest BCUT2D eigenvalue weighted by atomic mass is 9.95. The SMILES string of the molecule is CCOC(=O)CCNC(=O)C(c1ccccc1C)N(C(=O)C(Cc1ccc(O)cc1)NC(=O)OC(C)(C)C)C(C)CC. The fourth-order valence-corrected chi connectivity index (χ4v) is 4.42. The zero-order valence-corrected chi connectivity index (χ0v) is 25.7. The molecular formula is C32H45N3O7. The summed E-state index contributed by atoms with van der Waals surface area (Å²) in [5, 5.41) is 15.3. The van der Waals surface area contributed by atoms with Crippen LogP contribution in [0, 0.1) is 6.92 Å². The lowest BCUT2D eigenvalue weighted by Crippen LogP contribution is -2.56. The number of phenolic OH excluding ortho intramolecular Hbond substituents is 1. The molecule has 0 spiro atoms. The van der Waals surface area contributed by atoms with E-state index in [0.717, 1.165) is 5.56 Å². The molecule has 10 heteroatoms. The first-order chi connectivity index (χ1) is 19.8. The van der Waals surface area contributed by atoms with E-state index in [1.807, 2.05) is 32.9 Å². The number of hydrogen-bond donors (Lipinski definition) is 3. The first-order valence-corrected chi connectivity index (χ1v) is 14.4. The van der Waals surface area contributed by atoms with Gasteiger partial charge in [-0.2, -0.15) is 0 Å². The number of aryl methyl sites for hydroxylation is 1. The average molecular weight is 584 g/mol. The first-order valence-electron chi connectivity index (χ1n) is 14.4. The Morgan fingerprint density at radius 1 is 1.00 bits per heavy atom. The molecule has 0 saturated heterocycles. The van der Waals surface area contributed by atoms with Crippen LogP contribution in [0.3, 0.4) is 0 Å². The number of ether oxygens (including phenoxy) is 2. The summed E-state index contributed by atoms with van der Waals surface area (Å²) in [7, 11) is 0. The third-order valence-electron chi connectivity index (χ3n) is 6.63. The van der Waals surface area contributed by atoms with Gasteiger partial charge >= 0.3 is 12.1 Å². The van der Waals surface area contributed by atoms with E-state index in [4.69, 9.17) is 9.47 Å². The van der Waals surface area contributed by atoms with Crippen molar-refractivity contribution in [2.75, 3.05) is 13.2 Å². The summed E-state index contributed by atoms with van der Waals surface area (Å²) in [6, 6.07) is 11.1. The van der Waals surface area contributed by atoms with Crippen LogP contribution in [-0.2, 0) is 30.3 Å². The number of phenols is 1. The maximum Gasteiger partial charge on any atom is 0.408 e. The Balaban J connectivity index is 2.54. The maximum absolute atomic E-state index is 14.5. The normalized spacial score (nSPS) is 13.3. The van der Waals surface area contributed by atoms with Gasteiger partial charge in [-0.1, -0.05) is 43.3 Å². The van der Waals surface area contributed by atoms with Crippen LogP contribution in [0.25, 0.3) is 0 Å². The Hall–Kier alpha value is -4.08. The van der Waals surface area contributed by atoms with Crippen molar-refractivity contribution < 1.29 is 33.8 Å². The van der Waals surface area contributed by atoms with Crippen LogP contribution in [0.15, 0.2) is 48.5 Å². The Labute approximate surface area is 248 Å². The predicted octanol–water partition coefficient (Wildman–Crippen LogP) is 4.57. The van der Waals surface area contributed by atoms with Crippen molar-refractivity contribution in [1.29, 1.82) is 0 Å². The third-order valence-corrected chi connectivity index (χ3v) is 6.63. The van der Waals surface area contributed by atoms with E-state index < -0.39 is 47.6 Å². The number of aromatic hydroxyl groups is 1. The van der Waals surface area contributed by atoms with Gasteiger partial charge in [-0.05, 0) is 76.8 Å². The van der Waals surface area contributed by atoms with Crippen LogP contribution in [0.2, 0.25) is 0 Å². The number of alkyl carbamates (subject to hydrolysis) is 1. The molecule has 0 aliphatic heterocycles. The molecule has 0 bridgehead atoms. The Morgan fingerprint density at radius 3 is 2.21 bits per heavy atom. The molecule has 3 unspecified atom stereocenters. The molecule has 2 aromatic carbocycles. The molecule has 10 nitrogen and oxygen atoms in total. The molecule has 0 fully saturated rings. The molecule has 3 amide bonds. The molecule has 0 radical (unpaired) electrons. The van der Waals surface area contributed by atoms with Crippen LogP contribution in [0.4, 0.5) is 4.79 Å². The second-order valence-corrected chi connectivity index (χ2v) is 11.2. The van der Waals surface area contributed by atoms with Crippen LogP contribution in [0.1, 0.15) is 77.1 Å². The molecule has 0 heterocycles. The number of esters is 1. The van der Waals surface area contributed by atoms with E-state index in [1.165, 1.54) is 17.0 Å². The first kappa shape index (κ1) is 34.1. The summed E-state index contributed by atoms with van der Waals surface area (Å²) in [4.78, 5) is 54.6. The summed E-state index contributed by atoms with van der Waals surface area (Å²) < 4.78 is 10.4. The van der Waals surface area contributed by atoms with Crippen LogP contribution >= 0.6 is 0 Å². The Morgan fingerprint density at radius 2 is 1.64 bits per heavy atom. The van der Waals surface area contributed by atoms with E-state index in [1.54, 1.807) is 52.0 Å².